The number of benzene rings is 1. The number of imidazole rings is 1. The molecular weight excluding hydrogens is 411 g/mol. The van der Waals surface area contributed by atoms with Gasteiger partial charge in [-0.2, -0.15) is 13.5 Å². The van der Waals surface area contributed by atoms with Crippen molar-refractivity contribution in [2.75, 3.05) is 13.1 Å². The van der Waals surface area contributed by atoms with E-state index in [4.69, 9.17) is 34.8 Å². The lowest BCUT2D eigenvalue weighted by Crippen LogP contribution is -2.34. The molecule has 2 aromatic heterocycles. The Morgan fingerprint density at radius 2 is 1.96 bits per heavy atom. The van der Waals surface area contributed by atoms with Gasteiger partial charge in [-0.05, 0) is 49.2 Å². The molecule has 0 saturated carbocycles. The third kappa shape index (κ3) is 4.29. The van der Waals surface area contributed by atoms with Crippen molar-refractivity contribution in [3.05, 3.63) is 56.9 Å². The number of pyridine rings is 1. The average Bonchev–Trinajstić information content (AvgIpc) is 3.01. The maximum absolute atomic E-state index is 6.32. The maximum atomic E-state index is 6.32. The van der Waals surface area contributed by atoms with Crippen molar-refractivity contribution >= 4 is 59.5 Å². The SMILES string of the molecule is Clc1ccc(CN2CCC[C@H](c3nc4nc(Cl)ccc4[nH]3)C2)c(Cl)c1.S. The van der Waals surface area contributed by atoms with Crippen molar-refractivity contribution in [2.45, 2.75) is 25.3 Å². The van der Waals surface area contributed by atoms with Gasteiger partial charge in [-0.3, -0.25) is 4.90 Å². The van der Waals surface area contributed by atoms with Gasteiger partial charge in [0, 0.05) is 29.1 Å². The molecule has 0 aliphatic carbocycles. The van der Waals surface area contributed by atoms with Gasteiger partial charge in [-0.1, -0.05) is 40.9 Å². The molecule has 1 fully saturated rings. The zero-order chi connectivity index (χ0) is 17.4. The molecular formula is C18H19Cl3N4S. The van der Waals surface area contributed by atoms with Gasteiger partial charge in [-0.25, -0.2) is 9.97 Å². The minimum absolute atomic E-state index is 0. The Morgan fingerprint density at radius 1 is 1.12 bits per heavy atom. The van der Waals surface area contributed by atoms with E-state index in [9.17, 15) is 0 Å². The van der Waals surface area contributed by atoms with Crippen molar-refractivity contribution in [1.82, 2.24) is 19.9 Å². The van der Waals surface area contributed by atoms with E-state index in [2.05, 4.69) is 19.9 Å². The molecule has 1 aliphatic rings. The summed E-state index contributed by atoms with van der Waals surface area (Å²) in [5.41, 5.74) is 2.71. The van der Waals surface area contributed by atoms with Crippen LogP contribution in [0.5, 0.6) is 0 Å². The highest BCUT2D eigenvalue weighted by atomic mass is 35.5. The molecule has 3 aromatic rings. The van der Waals surface area contributed by atoms with E-state index in [-0.39, 0.29) is 13.5 Å². The summed E-state index contributed by atoms with van der Waals surface area (Å²) in [5, 5.41) is 1.85. The first-order valence-electron chi connectivity index (χ1n) is 8.27. The van der Waals surface area contributed by atoms with Crippen molar-refractivity contribution < 1.29 is 0 Å². The molecule has 1 aliphatic heterocycles. The van der Waals surface area contributed by atoms with E-state index in [0.717, 1.165) is 54.4 Å². The number of nitrogens with zero attached hydrogens (tertiary/aromatic N) is 3. The van der Waals surface area contributed by atoms with Crippen molar-refractivity contribution in [1.29, 1.82) is 0 Å². The molecule has 4 nitrogen and oxygen atoms in total. The number of rotatable bonds is 3. The lowest BCUT2D eigenvalue weighted by atomic mass is 9.97. The second kappa shape index (κ2) is 8.36. The molecule has 1 aromatic carbocycles. The number of hydrogen-bond donors (Lipinski definition) is 1. The van der Waals surface area contributed by atoms with Crippen LogP contribution in [0.25, 0.3) is 11.2 Å². The number of hydrogen-bond acceptors (Lipinski definition) is 3. The summed E-state index contributed by atoms with van der Waals surface area (Å²) in [6, 6.07) is 9.39. The zero-order valence-corrected chi connectivity index (χ0v) is 17.2. The van der Waals surface area contributed by atoms with Crippen LogP contribution in [0, 0.1) is 0 Å². The maximum Gasteiger partial charge on any atom is 0.179 e. The Hall–Kier alpha value is -0.980. The Balaban J connectivity index is 0.00000196. The van der Waals surface area contributed by atoms with Crippen LogP contribution in [0.4, 0.5) is 0 Å². The standard InChI is InChI=1S/C18H17Cl3N4.H2S/c19-13-4-3-11(14(20)8-13)9-25-7-1-2-12(10-25)17-22-15-5-6-16(21)23-18(15)24-17;/h3-6,8,12H,1-2,7,9-10H2,(H,22,23,24);1H2/t12-;/m0./s1. The first-order chi connectivity index (χ1) is 12.1. The lowest BCUT2D eigenvalue weighted by molar-refractivity contribution is 0.197. The van der Waals surface area contributed by atoms with Crippen molar-refractivity contribution in [3.8, 4) is 0 Å². The van der Waals surface area contributed by atoms with Gasteiger partial charge in [0.1, 0.15) is 11.0 Å². The molecule has 26 heavy (non-hydrogen) atoms. The predicted molar refractivity (Wildman–Crippen MR) is 113 cm³/mol. The monoisotopic (exact) mass is 428 g/mol. The topological polar surface area (TPSA) is 44.8 Å². The van der Waals surface area contributed by atoms with Crippen LogP contribution in [0.2, 0.25) is 15.2 Å². The van der Waals surface area contributed by atoms with Crippen LogP contribution < -0.4 is 0 Å². The molecule has 3 heterocycles. The molecule has 1 atom stereocenters. The Kier molecular flexibility index (Phi) is 6.36. The van der Waals surface area contributed by atoms with Gasteiger partial charge < -0.3 is 4.98 Å². The quantitative estimate of drug-likeness (QED) is 0.566. The highest BCUT2D eigenvalue weighted by Gasteiger charge is 2.24. The van der Waals surface area contributed by atoms with E-state index in [1.807, 2.05) is 18.2 Å². The highest BCUT2D eigenvalue weighted by Crippen LogP contribution is 2.29. The van der Waals surface area contributed by atoms with Crippen molar-refractivity contribution in [2.24, 2.45) is 0 Å². The number of H-pyrrole nitrogens is 1. The van der Waals surface area contributed by atoms with Crippen LogP contribution in [0.15, 0.2) is 30.3 Å². The van der Waals surface area contributed by atoms with Crippen LogP contribution in [-0.2, 0) is 6.54 Å². The van der Waals surface area contributed by atoms with E-state index in [0.29, 0.717) is 21.7 Å². The molecule has 0 bridgehead atoms. The molecule has 8 heteroatoms. The van der Waals surface area contributed by atoms with E-state index < -0.39 is 0 Å². The van der Waals surface area contributed by atoms with Gasteiger partial charge in [0.25, 0.3) is 0 Å². The number of nitrogens with one attached hydrogen (secondary N) is 1. The molecule has 0 spiro atoms. The number of aromatic nitrogens is 3. The number of aromatic amines is 1. The van der Waals surface area contributed by atoms with Gasteiger partial charge >= 0.3 is 0 Å². The second-order valence-electron chi connectivity index (χ2n) is 6.44. The Labute approximate surface area is 174 Å². The fraction of sp³-hybridized carbons (Fsp3) is 0.333. The number of piperidine rings is 1. The predicted octanol–water partition coefficient (Wildman–Crippen LogP) is 5.41. The summed E-state index contributed by atoms with van der Waals surface area (Å²) < 4.78 is 0. The summed E-state index contributed by atoms with van der Waals surface area (Å²) in [6.45, 7) is 2.81. The third-order valence-electron chi connectivity index (χ3n) is 4.63. The van der Waals surface area contributed by atoms with Crippen LogP contribution in [-0.4, -0.2) is 32.9 Å². The molecule has 4 rings (SSSR count). The largest absolute Gasteiger partial charge is 0.340 e. The third-order valence-corrected chi connectivity index (χ3v) is 5.43. The molecule has 0 radical (unpaired) electrons. The fourth-order valence-corrected chi connectivity index (χ4v) is 4.01. The smallest absolute Gasteiger partial charge is 0.179 e. The van der Waals surface area contributed by atoms with E-state index in [1.54, 1.807) is 12.1 Å². The fourth-order valence-electron chi connectivity index (χ4n) is 3.39. The zero-order valence-electron chi connectivity index (χ0n) is 14.0. The minimum atomic E-state index is 0. The summed E-state index contributed by atoms with van der Waals surface area (Å²) in [7, 11) is 0. The first kappa shape index (κ1) is 19.8. The molecule has 0 amide bonds. The van der Waals surface area contributed by atoms with E-state index >= 15 is 0 Å². The van der Waals surface area contributed by atoms with Gasteiger partial charge in [0.2, 0.25) is 0 Å². The lowest BCUT2D eigenvalue weighted by Gasteiger charge is -2.32. The van der Waals surface area contributed by atoms with Crippen LogP contribution >= 0.6 is 48.3 Å². The summed E-state index contributed by atoms with van der Waals surface area (Å²) >= 11 is 18.3. The number of likely N-dealkylation sites (tertiary alicyclic amines) is 1. The van der Waals surface area contributed by atoms with Crippen LogP contribution in [0.3, 0.4) is 0 Å². The van der Waals surface area contributed by atoms with E-state index in [1.165, 1.54) is 0 Å². The molecule has 138 valence electrons. The van der Waals surface area contributed by atoms with Gasteiger partial charge in [0.15, 0.2) is 5.65 Å². The van der Waals surface area contributed by atoms with Gasteiger partial charge in [0.05, 0.1) is 5.52 Å². The van der Waals surface area contributed by atoms with Crippen molar-refractivity contribution in [3.63, 3.8) is 0 Å². The Morgan fingerprint density at radius 3 is 2.77 bits per heavy atom. The summed E-state index contributed by atoms with van der Waals surface area (Å²) in [5.74, 6) is 1.34. The number of halogens is 3. The molecule has 1 saturated heterocycles. The normalized spacial score (nSPS) is 18.0. The second-order valence-corrected chi connectivity index (χ2v) is 7.67. The summed E-state index contributed by atoms with van der Waals surface area (Å²) in [4.78, 5) is 14.7. The molecule has 1 N–H and O–H groups in total. The minimum Gasteiger partial charge on any atom is -0.340 e. The van der Waals surface area contributed by atoms with Crippen LogP contribution in [0.1, 0.15) is 30.1 Å². The highest BCUT2D eigenvalue weighted by molar-refractivity contribution is 7.59. The average molecular weight is 430 g/mol. The number of fused-ring (bicyclic) bond motifs is 1. The first-order valence-corrected chi connectivity index (χ1v) is 9.40. The summed E-state index contributed by atoms with van der Waals surface area (Å²) in [6.07, 6.45) is 2.24. The Bertz CT molecular complexity index is 915. The molecule has 0 unspecified atom stereocenters. The van der Waals surface area contributed by atoms with Gasteiger partial charge in [-0.15, -0.1) is 0 Å².